The highest BCUT2D eigenvalue weighted by Crippen LogP contribution is 2.43. The molecule has 0 aromatic carbocycles. The molecule has 0 aliphatic carbocycles. The van der Waals surface area contributed by atoms with Gasteiger partial charge in [0.05, 0.1) is 25.4 Å². The number of allylic oxidation sites excluding steroid dienone is 10. The van der Waals surface area contributed by atoms with E-state index in [9.17, 15) is 19.0 Å². The van der Waals surface area contributed by atoms with Crippen LogP contribution in [0.25, 0.3) is 0 Å². The minimum Gasteiger partial charge on any atom is -0.462 e. The topological polar surface area (TPSA) is 147 Å². The highest BCUT2D eigenvalue weighted by atomic mass is 31.2. The van der Waals surface area contributed by atoms with Crippen LogP contribution in [0.2, 0.25) is 0 Å². The Labute approximate surface area is 339 Å². The number of rotatable bonds is 38. The summed E-state index contributed by atoms with van der Waals surface area (Å²) >= 11 is 0. The predicted molar refractivity (Wildman–Crippen MR) is 228 cm³/mol. The van der Waals surface area contributed by atoms with Crippen molar-refractivity contribution >= 4 is 19.8 Å². The van der Waals surface area contributed by atoms with Crippen LogP contribution in [-0.2, 0) is 37.4 Å². The summed E-state index contributed by atoms with van der Waals surface area (Å²) < 4.78 is 38.5. The van der Waals surface area contributed by atoms with E-state index in [0.717, 1.165) is 70.6 Å². The number of epoxide rings is 1. The fraction of sp³-hybridized carbons (Fsp3) is 0.689. The van der Waals surface area contributed by atoms with Crippen molar-refractivity contribution in [3.8, 4) is 0 Å². The highest BCUT2D eigenvalue weighted by Gasteiger charge is 2.36. The van der Waals surface area contributed by atoms with E-state index >= 15 is 0 Å². The van der Waals surface area contributed by atoms with Gasteiger partial charge in [-0.3, -0.25) is 18.6 Å². The van der Waals surface area contributed by atoms with E-state index in [1.54, 1.807) is 0 Å². The van der Waals surface area contributed by atoms with Gasteiger partial charge < -0.3 is 24.8 Å². The first kappa shape index (κ1) is 51.4. The van der Waals surface area contributed by atoms with E-state index in [2.05, 4.69) is 86.8 Å². The Morgan fingerprint density at radius 2 is 1.11 bits per heavy atom. The molecule has 320 valence electrons. The lowest BCUT2D eigenvalue weighted by atomic mass is 10.1. The minimum absolute atomic E-state index is 0.0359. The molecule has 56 heavy (non-hydrogen) atoms. The number of hydrogen-bond acceptors (Lipinski definition) is 9. The molecule has 0 aromatic heterocycles. The van der Waals surface area contributed by atoms with E-state index in [0.29, 0.717) is 12.8 Å². The van der Waals surface area contributed by atoms with E-state index in [-0.39, 0.29) is 44.8 Å². The summed E-state index contributed by atoms with van der Waals surface area (Å²) in [4.78, 5) is 34.9. The van der Waals surface area contributed by atoms with Crippen LogP contribution in [0, 0.1) is 0 Å². The quantitative estimate of drug-likeness (QED) is 0.0203. The predicted octanol–water partition coefficient (Wildman–Crippen LogP) is 11.3. The number of hydrogen-bond donors (Lipinski definition) is 2. The van der Waals surface area contributed by atoms with Gasteiger partial charge in [0, 0.05) is 19.4 Å². The molecule has 0 spiro atoms. The maximum atomic E-state index is 12.6. The van der Waals surface area contributed by atoms with Crippen molar-refractivity contribution in [2.24, 2.45) is 5.73 Å². The Hall–Kier alpha value is -2.59. The molecular formula is C45H76NO9P. The normalized spacial score (nSPS) is 17.6. The second kappa shape index (κ2) is 36.7. The van der Waals surface area contributed by atoms with Gasteiger partial charge in [-0.05, 0) is 89.9 Å². The van der Waals surface area contributed by atoms with Crippen LogP contribution in [0.1, 0.15) is 155 Å². The summed E-state index contributed by atoms with van der Waals surface area (Å²) in [6.45, 7) is 3.55. The van der Waals surface area contributed by atoms with Crippen molar-refractivity contribution in [1.29, 1.82) is 0 Å². The number of nitrogens with two attached hydrogens (primary N) is 1. The number of phosphoric acid groups is 1. The Morgan fingerprint density at radius 3 is 1.70 bits per heavy atom. The molecule has 0 bridgehead atoms. The van der Waals surface area contributed by atoms with E-state index in [1.807, 2.05) is 0 Å². The summed E-state index contributed by atoms with van der Waals surface area (Å²) in [7, 11) is -4.41. The second-order valence-electron chi connectivity index (χ2n) is 14.2. The van der Waals surface area contributed by atoms with Crippen LogP contribution in [0.3, 0.4) is 0 Å². The molecular weight excluding hydrogens is 729 g/mol. The summed E-state index contributed by atoms with van der Waals surface area (Å²) in [5.74, 6) is -0.935. The van der Waals surface area contributed by atoms with Crippen LogP contribution >= 0.6 is 7.82 Å². The van der Waals surface area contributed by atoms with Gasteiger partial charge in [-0.15, -0.1) is 0 Å². The van der Waals surface area contributed by atoms with Gasteiger partial charge in [0.25, 0.3) is 0 Å². The molecule has 1 aliphatic rings. The van der Waals surface area contributed by atoms with Gasteiger partial charge in [0.2, 0.25) is 0 Å². The first-order valence-corrected chi connectivity index (χ1v) is 23.0. The SMILES string of the molecule is CCCCC/C=C\C/C=C\C/C=C\CCCCCCC(=O)O[C@H](COC(=O)CCC/C=C\CC1OC1C/C=C\C/C=C\CCCCC)COP(=O)(O)OCCN. The van der Waals surface area contributed by atoms with Crippen LogP contribution in [-0.4, -0.2) is 61.5 Å². The summed E-state index contributed by atoms with van der Waals surface area (Å²) in [5, 5.41) is 0. The van der Waals surface area contributed by atoms with E-state index < -0.39 is 32.5 Å². The minimum atomic E-state index is -4.41. The molecule has 4 atom stereocenters. The molecule has 0 radical (unpaired) electrons. The molecule has 1 heterocycles. The van der Waals surface area contributed by atoms with Crippen molar-refractivity contribution in [2.75, 3.05) is 26.4 Å². The molecule has 1 fully saturated rings. The summed E-state index contributed by atoms with van der Waals surface area (Å²) in [6, 6.07) is 0. The monoisotopic (exact) mass is 806 g/mol. The lowest BCUT2D eigenvalue weighted by Gasteiger charge is -2.19. The van der Waals surface area contributed by atoms with Gasteiger partial charge >= 0.3 is 19.8 Å². The zero-order chi connectivity index (χ0) is 40.8. The number of carbonyl (C=O) groups is 2. The number of ether oxygens (including phenoxy) is 3. The lowest BCUT2D eigenvalue weighted by Crippen LogP contribution is -2.29. The van der Waals surface area contributed by atoms with Crippen LogP contribution in [0.5, 0.6) is 0 Å². The highest BCUT2D eigenvalue weighted by molar-refractivity contribution is 7.47. The van der Waals surface area contributed by atoms with Crippen molar-refractivity contribution in [3.05, 3.63) is 72.9 Å². The molecule has 10 nitrogen and oxygen atoms in total. The molecule has 11 heteroatoms. The molecule has 3 N–H and O–H groups in total. The zero-order valence-electron chi connectivity index (χ0n) is 34.8. The van der Waals surface area contributed by atoms with Gasteiger partial charge in [-0.2, -0.15) is 0 Å². The first-order chi connectivity index (χ1) is 27.3. The van der Waals surface area contributed by atoms with Gasteiger partial charge in [0.15, 0.2) is 6.10 Å². The van der Waals surface area contributed by atoms with Crippen molar-refractivity contribution in [1.82, 2.24) is 0 Å². The Balaban J connectivity index is 2.26. The third-order valence-electron chi connectivity index (χ3n) is 8.97. The van der Waals surface area contributed by atoms with Gasteiger partial charge in [-0.1, -0.05) is 125 Å². The average Bonchev–Trinajstić information content (AvgIpc) is 3.94. The summed E-state index contributed by atoms with van der Waals surface area (Å²) in [5.41, 5.74) is 5.34. The second-order valence-corrected chi connectivity index (χ2v) is 15.7. The van der Waals surface area contributed by atoms with Crippen molar-refractivity contribution in [2.45, 2.75) is 173 Å². The number of esters is 2. The molecule has 1 rings (SSSR count). The Kier molecular flexibility index (Phi) is 33.7. The Bertz CT molecular complexity index is 1210. The third-order valence-corrected chi connectivity index (χ3v) is 9.95. The van der Waals surface area contributed by atoms with Crippen LogP contribution in [0.15, 0.2) is 72.9 Å². The summed E-state index contributed by atoms with van der Waals surface area (Å²) in [6.07, 6.45) is 46.7. The number of unbranched alkanes of at least 4 members (excludes halogenated alkanes) is 11. The first-order valence-electron chi connectivity index (χ1n) is 21.5. The smallest absolute Gasteiger partial charge is 0.462 e. The molecule has 1 aliphatic heterocycles. The van der Waals surface area contributed by atoms with Crippen molar-refractivity contribution < 1.29 is 42.3 Å². The molecule has 1 saturated heterocycles. The molecule has 0 amide bonds. The fourth-order valence-corrected chi connectivity index (χ4v) is 6.38. The zero-order valence-corrected chi connectivity index (χ0v) is 35.7. The fourth-order valence-electron chi connectivity index (χ4n) is 5.61. The van der Waals surface area contributed by atoms with Gasteiger partial charge in [0.1, 0.15) is 6.61 Å². The van der Waals surface area contributed by atoms with E-state index in [1.165, 1.54) is 44.9 Å². The number of phosphoric ester groups is 1. The Morgan fingerprint density at radius 1 is 0.625 bits per heavy atom. The van der Waals surface area contributed by atoms with Crippen molar-refractivity contribution in [3.63, 3.8) is 0 Å². The van der Waals surface area contributed by atoms with Crippen LogP contribution in [0.4, 0.5) is 0 Å². The molecule has 3 unspecified atom stereocenters. The average molecular weight is 806 g/mol. The molecule has 0 saturated carbocycles. The lowest BCUT2D eigenvalue weighted by molar-refractivity contribution is -0.161. The van der Waals surface area contributed by atoms with Crippen LogP contribution < -0.4 is 5.73 Å². The maximum absolute atomic E-state index is 12.6. The standard InChI is InChI=1S/C45H76NO9P/c1-3-5-7-9-11-13-14-15-16-17-18-19-20-22-24-26-32-36-45(48)54-41(40-53-56(49,50)52-38-37-46)39-51-44(47)35-31-28-27-30-34-43-42(55-43)33-29-25-23-21-12-10-8-6-4-2/h11-13,15-16,18-19,21,25,27,29-30,41-43H,3-10,14,17,20,22-24,26,28,31-40,46H2,1-2H3,(H,49,50)/b13-11-,16-15-,19-18-,21-12-,29-25-,30-27-/t41-,42?,43?/m1/s1. The number of carbonyl (C=O) groups excluding carboxylic acids is 2. The largest absolute Gasteiger partial charge is 0.472 e. The van der Waals surface area contributed by atoms with E-state index in [4.69, 9.17) is 29.0 Å². The molecule has 0 aromatic rings. The van der Waals surface area contributed by atoms with Gasteiger partial charge in [-0.25, -0.2) is 4.57 Å². The third kappa shape index (κ3) is 33.5. The maximum Gasteiger partial charge on any atom is 0.472 e.